The Morgan fingerprint density at radius 3 is 2.12 bits per heavy atom. The molecule has 1 heterocycles. The Bertz CT molecular complexity index is 840. The van der Waals surface area contributed by atoms with E-state index in [0.29, 0.717) is 12.8 Å². The third kappa shape index (κ3) is 10.1. The van der Waals surface area contributed by atoms with E-state index in [2.05, 4.69) is 33.8 Å². The first-order valence-electron chi connectivity index (χ1n) is 12.1. The molecule has 0 saturated heterocycles. The molecule has 0 spiro atoms. The number of aromatic nitrogens is 2. The Balaban J connectivity index is 1.86. The molecule has 2 aromatic rings. The van der Waals surface area contributed by atoms with Gasteiger partial charge in [-0.3, -0.25) is 4.79 Å². The summed E-state index contributed by atoms with van der Waals surface area (Å²) in [5, 5.41) is 0. The van der Waals surface area contributed by atoms with Crippen molar-refractivity contribution in [1.29, 1.82) is 0 Å². The van der Waals surface area contributed by atoms with E-state index < -0.39 is 24.9 Å². The van der Waals surface area contributed by atoms with Gasteiger partial charge < -0.3 is 9.47 Å². The third-order valence-electron chi connectivity index (χ3n) is 5.47. The van der Waals surface area contributed by atoms with E-state index in [0.717, 1.165) is 17.5 Å². The molecule has 5 nitrogen and oxygen atoms in total. The number of benzene rings is 1. The number of hydrogen-bond acceptors (Lipinski definition) is 5. The molecule has 1 aromatic carbocycles. The van der Waals surface area contributed by atoms with Gasteiger partial charge in [-0.1, -0.05) is 76.6 Å². The number of carbonyl (C=O) groups excluding carboxylic acids is 1. The van der Waals surface area contributed by atoms with Gasteiger partial charge in [0, 0.05) is 24.4 Å². The third-order valence-corrected chi connectivity index (χ3v) is 5.47. The van der Waals surface area contributed by atoms with E-state index in [1.165, 1.54) is 56.5 Å². The number of nitrogens with zero attached hydrogens (tertiary/aromatic N) is 2. The zero-order valence-electron chi connectivity index (χ0n) is 20.1. The van der Waals surface area contributed by atoms with Gasteiger partial charge in [0.25, 0.3) is 0 Å². The summed E-state index contributed by atoms with van der Waals surface area (Å²) < 4.78 is 49.1. The van der Waals surface area contributed by atoms with Crippen LogP contribution in [0.4, 0.5) is 13.2 Å². The number of esters is 1. The minimum atomic E-state index is -4.74. The molecule has 0 aliphatic carbocycles. The number of ether oxygens (including phenoxy) is 2. The van der Waals surface area contributed by atoms with Gasteiger partial charge in [0.15, 0.2) is 0 Å². The van der Waals surface area contributed by atoms with Gasteiger partial charge in [0.1, 0.15) is 6.61 Å². The van der Waals surface area contributed by atoms with Crippen molar-refractivity contribution in [3.05, 3.63) is 42.2 Å². The highest BCUT2D eigenvalue weighted by Crippen LogP contribution is 2.25. The molecule has 1 aromatic heterocycles. The maximum Gasteiger partial charge on any atom is 0.428 e. The smallest absolute Gasteiger partial charge is 0.428 e. The van der Waals surface area contributed by atoms with Gasteiger partial charge in [0.2, 0.25) is 6.10 Å². The monoisotopic (exact) mass is 480 g/mol. The lowest BCUT2D eigenvalue weighted by Crippen LogP contribution is -2.39. The van der Waals surface area contributed by atoms with E-state index in [9.17, 15) is 18.0 Å². The van der Waals surface area contributed by atoms with Crippen molar-refractivity contribution in [2.45, 2.75) is 90.3 Å². The van der Waals surface area contributed by atoms with Crippen LogP contribution in [0.2, 0.25) is 0 Å². The summed E-state index contributed by atoms with van der Waals surface area (Å²) >= 11 is 0. The highest BCUT2D eigenvalue weighted by atomic mass is 19.4. The van der Waals surface area contributed by atoms with Crippen molar-refractivity contribution in [2.75, 3.05) is 6.61 Å². The normalized spacial score (nSPS) is 12.4. The predicted molar refractivity (Wildman–Crippen MR) is 126 cm³/mol. The molecule has 188 valence electrons. The fourth-order valence-corrected chi connectivity index (χ4v) is 3.40. The number of hydrogen-bond donors (Lipinski definition) is 0. The Labute approximate surface area is 200 Å². The maximum absolute atomic E-state index is 13.2. The molecule has 0 saturated carbocycles. The summed E-state index contributed by atoms with van der Waals surface area (Å²) in [4.78, 5) is 19.6. The van der Waals surface area contributed by atoms with E-state index in [4.69, 9.17) is 4.74 Å². The summed E-state index contributed by atoms with van der Waals surface area (Å²) in [5.41, 5.74) is 2.92. The standard InChI is InChI=1S/C26H35F3N2O3/c1-3-5-7-8-9-10-11-20-13-15-21(16-14-20)22-17-30-25(31-18-22)33-19-23(26(27,28)29)34-24(32)12-6-4-2/h13-18,23H,3-12,19H2,1-2H3. The second kappa shape index (κ2) is 14.6. The van der Waals surface area contributed by atoms with E-state index in [1.807, 2.05) is 19.1 Å². The lowest BCUT2D eigenvalue weighted by Gasteiger charge is -2.20. The number of halogens is 3. The van der Waals surface area contributed by atoms with Crippen LogP contribution >= 0.6 is 0 Å². The summed E-state index contributed by atoms with van der Waals surface area (Å²) in [5.74, 6) is -0.899. The summed E-state index contributed by atoms with van der Waals surface area (Å²) in [6.07, 6.45) is 5.58. The van der Waals surface area contributed by atoms with Crippen LogP contribution in [0.5, 0.6) is 6.01 Å². The largest absolute Gasteiger partial charge is 0.459 e. The molecule has 0 bridgehead atoms. The average Bonchev–Trinajstić information content (AvgIpc) is 2.82. The van der Waals surface area contributed by atoms with Crippen molar-refractivity contribution < 1.29 is 27.4 Å². The van der Waals surface area contributed by atoms with Crippen LogP contribution in [0.1, 0.15) is 77.2 Å². The first-order chi connectivity index (χ1) is 16.3. The molecule has 0 radical (unpaired) electrons. The molecule has 0 aliphatic rings. The fraction of sp³-hybridized carbons (Fsp3) is 0.577. The van der Waals surface area contributed by atoms with Crippen LogP contribution in [0, 0.1) is 0 Å². The second-order valence-electron chi connectivity index (χ2n) is 8.40. The quantitative estimate of drug-likeness (QED) is 0.201. The van der Waals surface area contributed by atoms with Crippen LogP contribution in [0.25, 0.3) is 11.1 Å². The Morgan fingerprint density at radius 1 is 0.882 bits per heavy atom. The topological polar surface area (TPSA) is 61.3 Å². The SMILES string of the molecule is CCCCCCCCc1ccc(-c2cnc(OCC(OC(=O)CCCC)C(F)(F)F)nc2)cc1. The number of rotatable bonds is 15. The lowest BCUT2D eigenvalue weighted by atomic mass is 10.0. The molecule has 34 heavy (non-hydrogen) atoms. The van der Waals surface area contributed by atoms with Crippen molar-refractivity contribution >= 4 is 5.97 Å². The summed E-state index contributed by atoms with van der Waals surface area (Å²) in [6.45, 7) is 3.16. The van der Waals surface area contributed by atoms with Crippen LogP contribution in [-0.2, 0) is 16.0 Å². The molecule has 0 aliphatic heterocycles. The lowest BCUT2D eigenvalue weighted by molar-refractivity contribution is -0.227. The van der Waals surface area contributed by atoms with Crippen LogP contribution in [0.3, 0.4) is 0 Å². The van der Waals surface area contributed by atoms with Crippen molar-refractivity contribution in [3.63, 3.8) is 0 Å². The van der Waals surface area contributed by atoms with E-state index in [1.54, 1.807) is 0 Å². The van der Waals surface area contributed by atoms with Gasteiger partial charge in [-0.25, -0.2) is 9.97 Å². The molecule has 0 amide bonds. The summed E-state index contributed by atoms with van der Waals surface area (Å²) in [6, 6.07) is 7.92. The molecule has 8 heteroatoms. The Hall–Kier alpha value is -2.64. The molecule has 2 rings (SSSR count). The Morgan fingerprint density at radius 2 is 1.50 bits per heavy atom. The maximum atomic E-state index is 13.2. The van der Waals surface area contributed by atoms with Gasteiger partial charge >= 0.3 is 18.2 Å². The molecule has 1 atom stereocenters. The second-order valence-corrected chi connectivity index (χ2v) is 8.40. The highest BCUT2D eigenvalue weighted by molar-refractivity contribution is 5.69. The van der Waals surface area contributed by atoms with Crippen molar-refractivity contribution in [1.82, 2.24) is 9.97 Å². The number of unbranched alkanes of at least 4 members (excludes halogenated alkanes) is 6. The first kappa shape index (κ1) is 27.6. The molecular formula is C26H35F3N2O3. The first-order valence-corrected chi connectivity index (χ1v) is 12.1. The van der Waals surface area contributed by atoms with Crippen LogP contribution in [-0.4, -0.2) is 34.8 Å². The Kier molecular flexibility index (Phi) is 11.8. The van der Waals surface area contributed by atoms with Crippen molar-refractivity contribution in [3.8, 4) is 17.1 Å². The minimum Gasteiger partial charge on any atom is -0.459 e. The van der Waals surface area contributed by atoms with Gasteiger partial charge in [-0.2, -0.15) is 13.2 Å². The average molecular weight is 481 g/mol. The summed E-state index contributed by atoms with van der Waals surface area (Å²) in [7, 11) is 0. The zero-order valence-corrected chi connectivity index (χ0v) is 20.1. The van der Waals surface area contributed by atoms with E-state index >= 15 is 0 Å². The minimum absolute atomic E-state index is 0.0635. The zero-order chi connectivity index (χ0) is 24.8. The van der Waals surface area contributed by atoms with Crippen molar-refractivity contribution in [2.24, 2.45) is 0 Å². The highest BCUT2D eigenvalue weighted by Gasteiger charge is 2.43. The van der Waals surface area contributed by atoms with Gasteiger partial charge in [-0.15, -0.1) is 0 Å². The number of carbonyl (C=O) groups is 1. The van der Waals surface area contributed by atoms with Crippen LogP contribution in [0.15, 0.2) is 36.7 Å². The molecule has 0 N–H and O–H groups in total. The van der Waals surface area contributed by atoms with E-state index in [-0.39, 0.29) is 12.4 Å². The number of aryl methyl sites for hydroxylation is 1. The van der Waals surface area contributed by atoms with Gasteiger partial charge in [0.05, 0.1) is 0 Å². The molecule has 1 unspecified atom stereocenters. The molecular weight excluding hydrogens is 445 g/mol. The molecule has 0 fully saturated rings. The fourth-order valence-electron chi connectivity index (χ4n) is 3.40. The van der Waals surface area contributed by atoms with Crippen LogP contribution < -0.4 is 4.74 Å². The van der Waals surface area contributed by atoms with Gasteiger partial charge in [-0.05, 0) is 30.4 Å². The number of alkyl halides is 3. The predicted octanol–water partition coefficient (Wildman–Crippen LogP) is 7.09.